The number of rotatable bonds is 4. The standard InChI is InChI=1S/C11H11NO4/c1-8(11(13)14)10-5-3-2-4-9(10)6-7-12(15)16/h2-8H,1H3,(H,13,14). The number of nitrogens with zero attached hydrogens (tertiary/aromatic N) is 1. The van der Waals surface area contributed by atoms with Crippen LogP contribution in [0.3, 0.4) is 0 Å². The number of carboxylic acids is 1. The van der Waals surface area contributed by atoms with Gasteiger partial charge in [-0.2, -0.15) is 0 Å². The van der Waals surface area contributed by atoms with Crippen LogP contribution in [0.5, 0.6) is 0 Å². The van der Waals surface area contributed by atoms with Crippen molar-refractivity contribution in [1.29, 1.82) is 0 Å². The van der Waals surface area contributed by atoms with Crippen molar-refractivity contribution in [3.63, 3.8) is 0 Å². The van der Waals surface area contributed by atoms with E-state index in [9.17, 15) is 14.9 Å². The van der Waals surface area contributed by atoms with Crippen LogP contribution in [0.1, 0.15) is 24.0 Å². The Morgan fingerprint density at radius 1 is 1.50 bits per heavy atom. The zero-order valence-electron chi connectivity index (χ0n) is 8.66. The first-order valence-corrected chi connectivity index (χ1v) is 4.66. The summed E-state index contributed by atoms with van der Waals surface area (Å²) in [6.45, 7) is 1.54. The van der Waals surface area contributed by atoms with E-state index in [1.807, 2.05) is 0 Å². The number of carboxylic acid groups (broad SMARTS) is 1. The maximum atomic E-state index is 10.8. The quantitative estimate of drug-likeness (QED) is 0.623. The molecule has 0 bridgehead atoms. The van der Waals surface area contributed by atoms with Crippen LogP contribution in [0.4, 0.5) is 0 Å². The highest BCUT2D eigenvalue weighted by molar-refractivity contribution is 5.77. The SMILES string of the molecule is CC(C(=O)O)c1ccccc1C=C[N+](=O)[O-]. The minimum absolute atomic E-state index is 0.550. The van der Waals surface area contributed by atoms with E-state index in [0.717, 1.165) is 6.20 Å². The van der Waals surface area contributed by atoms with Crippen molar-refractivity contribution in [2.24, 2.45) is 0 Å². The molecular weight excluding hydrogens is 210 g/mol. The monoisotopic (exact) mass is 221 g/mol. The second-order valence-electron chi connectivity index (χ2n) is 3.29. The number of hydrogen-bond donors (Lipinski definition) is 1. The summed E-state index contributed by atoms with van der Waals surface area (Å²) in [5, 5.41) is 19.1. The lowest BCUT2D eigenvalue weighted by atomic mass is 9.96. The second-order valence-corrected chi connectivity index (χ2v) is 3.29. The fourth-order valence-corrected chi connectivity index (χ4v) is 1.33. The topological polar surface area (TPSA) is 80.4 Å². The summed E-state index contributed by atoms with van der Waals surface area (Å²) in [4.78, 5) is 20.4. The van der Waals surface area contributed by atoms with Gasteiger partial charge in [-0.3, -0.25) is 14.9 Å². The summed E-state index contributed by atoms with van der Waals surface area (Å²) in [5.41, 5.74) is 1.11. The molecule has 1 aromatic rings. The van der Waals surface area contributed by atoms with E-state index in [1.54, 1.807) is 31.2 Å². The molecule has 0 radical (unpaired) electrons. The van der Waals surface area contributed by atoms with Gasteiger partial charge in [-0.05, 0) is 18.1 Å². The smallest absolute Gasteiger partial charge is 0.310 e. The minimum atomic E-state index is -0.957. The predicted molar refractivity (Wildman–Crippen MR) is 58.5 cm³/mol. The van der Waals surface area contributed by atoms with Crippen molar-refractivity contribution >= 4 is 12.0 Å². The van der Waals surface area contributed by atoms with E-state index < -0.39 is 16.8 Å². The van der Waals surface area contributed by atoms with E-state index in [0.29, 0.717) is 11.1 Å². The summed E-state index contributed by atoms with van der Waals surface area (Å²) in [6.07, 6.45) is 2.10. The molecule has 0 fully saturated rings. The highest BCUT2D eigenvalue weighted by atomic mass is 16.6. The molecule has 0 saturated carbocycles. The van der Waals surface area contributed by atoms with Gasteiger partial charge in [0.2, 0.25) is 6.20 Å². The molecule has 5 nitrogen and oxygen atoms in total. The Labute approximate surface area is 92.2 Å². The highest BCUT2D eigenvalue weighted by Crippen LogP contribution is 2.21. The first kappa shape index (κ1) is 11.9. The normalized spacial score (nSPS) is 12.6. The molecule has 1 atom stereocenters. The van der Waals surface area contributed by atoms with Crippen LogP contribution in [0.2, 0.25) is 0 Å². The van der Waals surface area contributed by atoms with Crippen LogP contribution in [0, 0.1) is 10.1 Å². The molecule has 16 heavy (non-hydrogen) atoms. The van der Waals surface area contributed by atoms with E-state index >= 15 is 0 Å². The first-order chi connectivity index (χ1) is 7.52. The summed E-state index contributed by atoms with van der Waals surface area (Å²) in [6, 6.07) is 6.71. The Kier molecular flexibility index (Phi) is 3.77. The summed E-state index contributed by atoms with van der Waals surface area (Å²) in [7, 11) is 0. The molecule has 0 aromatic heterocycles. The van der Waals surface area contributed by atoms with Gasteiger partial charge in [0, 0.05) is 6.08 Å². The minimum Gasteiger partial charge on any atom is -0.481 e. The zero-order chi connectivity index (χ0) is 12.1. The third-order valence-corrected chi connectivity index (χ3v) is 2.21. The van der Waals surface area contributed by atoms with Gasteiger partial charge >= 0.3 is 5.97 Å². The van der Waals surface area contributed by atoms with Crippen molar-refractivity contribution in [2.75, 3.05) is 0 Å². The van der Waals surface area contributed by atoms with Gasteiger partial charge in [0.25, 0.3) is 0 Å². The Hall–Kier alpha value is -2.17. The fraction of sp³-hybridized carbons (Fsp3) is 0.182. The predicted octanol–water partition coefficient (Wildman–Crippen LogP) is 2.12. The molecule has 1 rings (SSSR count). The lowest BCUT2D eigenvalue weighted by molar-refractivity contribution is -0.400. The first-order valence-electron chi connectivity index (χ1n) is 4.66. The van der Waals surface area contributed by atoms with E-state index in [4.69, 9.17) is 5.11 Å². The average molecular weight is 221 g/mol. The molecule has 0 aliphatic heterocycles. The highest BCUT2D eigenvalue weighted by Gasteiger charge is 2.15. The van der Waals surface area contributed by atoms with Crippen LogP contribution in [-0.2, 0) is 4.79 Å². The Morgan fingerprint density at radius 2 is 2.12 bits per heavy atom. The second kappa shape index (κ2) is 5.06. The van der Waals surface area contributed by atoms with Crippen LogP contribution >= 0.6 is 0 Å². The molecule has 0 aliphatic rings. The number of benzene rings is 1. The molecule has 1 aromatic carbocycles. The number of hydrogen-bond acceptors (Lipinski definition) is 3. The molecule has 5 heteroatoms. The third-order valence-electron chi connectivity index (χ3n) is 2.21. The number of carbonyl (C=O) groups is 1. The Balaban J connectivity index is 3.10. The van der Waals surface area contributed by atoms with E-state index in [2.05, 4.69) is 0 Å². The summed E-state index contributed by atoms with van der Waals surface area (Å²) in [5.74, 6) is -1.64. The van der Waals surface area contributed by atoms with Crippen molar-refractivity contribution in [1.82, 2.24) is 0 Å². The zero-order valence-corrected chi connectivity index (χ0v) is 8.66. The Morgan fingerprint density at radius 3 is 2.69 bits per heavy atom. The van der Waals surface area contributed by atoms with Crippen molar-refractivity contribution in [2.45, 2.75) is 12.8 Å². The van der Waals surface area contributed by atoms with Crippen LogP contribution in [0.15, 0.2) is 30.5 Å². The van der Waals surface area contributed by atoms with Gasteiger partial charge in [-0.15, -0.1) is 0 Å². The van der Waals surface area contributed by atoms with Crippen LogP contribution < -0.4 is 0 Å². The van der Waals surface area contributed by atoms with Gasteiger partial charge in [0.15, 0.2) is 0 Å². The van der Waals surface area contributed by atoms with Gasteiger partial charge in [-0.25, -0.2) is 0 Å². The molecule has 0 amide bonds. The maximum Gasteiger partial charge on any atom is 0.310 e. The van der Waals surface area contributed by atoms with Crippen LogP contribution in [-0.4, -0.2) is 16.0 Å². The summed E-state index contributed by atoms with van der Waals surface area (Å²) >= 11 is 0. The Bertz CT molecular complexity index is 439. The summed E-state index contributed by atoms with van der Waals surface area (Å²) < 4.78 is 0. The van der Waals surface area contributed by atoms with Gasteiger partial charge in [0.1, 0.15) is 0 Å². The third kappa shape index (κ3) is 2.91. The molecular formula is C11H11NO4. The molecule has 1 N–H and O–H groups in total. The van der Waals surface area contributed by atoms with Gasteiger partial charge in [0.05, 0.1) is 10.8 Å². The maximum absolute atomic E-state index is 10.8. The lowest BCUT2D eigenvalue weighted by Gasteiger charge is -2.09. The number of nitro groups is 1. The van der Waals surface area contributed by atoms with Crippen LogP contribution in [0.25, 0.3) is 6.08 Å². The average Bonchev–Trinajstić information content (AvgIpc) is 2.25. The van der Waals surface area contributed by atoms with E-state index in [-0.39, 0.29) is 0 Å². The molecule has 84 valence electrons. The molecule has 0 saturated heterocycles. The fourth-order valence-electron chi connectivity index (χ4n) is 1.33. The molecule has 1 unspecified atom stereocenters. The van der Waals surface area contributed by atoms with Gasteiger partial charge < -0.3 is 5.11 Å². The molecule has 0 aliphatic carbocycles. The number of aliphatic carboxylic acids is 1. The van der Waals surface area contributed by atoms with E-state index in [1.165, 1.54) is 6.08 Å². The molecule has 0 heterocycles. The van der Waals surface area contributed by atoms with Crippen molar-refractivity contribution in [3.05, 3.63) is 51.7 Å². The van der Waals surface area contributed by atoms with Crippen molar-refractivity contribution in [3.8, 4) is 0 Å². The van der Waals surface area contributed by atoms with Crippen molar-refractivity contribution < 1.29 is 14.8 Å². The molecule has 0 spiro atoms. The van der Waals surface area contributed by atoms with Gasteiger partial charge in [-0.1, -0.05) is 24.3 Å². The largest absolute Gasteiger partial charge is 0.481 e. The lowest BCUT2D eigenvalue weighted by Crippen LogP contribution is -2.08.